The highest BCUT2D eigenvalue weighted by Crippen LogP contribution is 2.38. The van der Waals surface area contributed by atoms with Gasteiger partial charge in [0.05, 0.1) is 29.5 Å². The number of fused-ring (bicyclic) bond motifs is 1. The van der Waals surface area contributed by atoms with Crippen LogP contribution >= 0.6 is 0 Å². The molecule has 2 fully saturated rings. The zero-order valence-corrected chi connectivity index (χ0v) is 21.6. The first-order valence-corrected chi connectivity index (χ1v) is 12.8. The van der Waals surface area contributed by atoms with Crippen LogP contribution < -0.4 is 5.46 Å². The summed E-state index contributed by atoms with van der Waals surface area (Å²) in [6, 6.07) is 2.22. The normalized spacial score (nSPS) is 21.8. The van der Waals surface area contributed by atoms with Crippen LogP contribution in [0.5, 0.6) is 0 Å². The van der Waals surface area contributed by atoms with Crippen LogP contribution in [0.3, 0.4) is 0 Å². The Labute approximate surface area is 203 Å². The Kier molecular flexibility index (Phi) is 7.41. The molecule has 1 unspecified atom stereocenters. The van der Waals surface area contributed by atoms with E-state index in [1.54, 1.807) is 0 Å². The van der Waals surface area contributed by atoms with Crippen LogP contribution in [0, 0.1) is 6.92 Å². The fourth-order valence-corrected chi connectivity index (χ4v) is 4.90. The summed E-state index contributed by atoms with van der Waals surface area (Å²) in [5, 5.41) is 5.82. The molecule has 2 aliphatic heterocycles. The van der Waals surface area contributed by atoms with E-state index in [4.69, 9.17) is 23.9 Å². The maximum Gasteiger partial charge on any atom is 0.495 e. The average molecular weight is 470 g/mol. The van der Waals surface area contributed by atoms with Crippen molar-refractivity contribution < 1.29 is 23.6 Å². The minimum Gasteiger partial charge on any atom is -0.466 e. The summed E-state index contributed by atoms with van der Waals surface area (Å²) < 4.78 is 26.2. The number of hydrogen-bond acceptors (Lipinski definition) is 6. The summed E-state index contributed by atoms with van der Waals surface area (Å²) in [6.45, 7) is 13.5. The molecule has 0 saturated carbocycles. The lowest BCUT2D eigenvalue weighted by atomic mass is 9.71. The number of unbranched alkanes of at least 4 members (excludes halogenated alkanes) is 1. The fraction of sp³-hybridized carbons (Fsp3) is 0.692. The number of carbonyl (C=O) groups is 1. The van der Waals surface area contributed by atoms with E-state index in [2.05, 4.69) is 40.7 Å². The molecule has 8 heteroatoms. The molecule has 0 amide bonds. The summed E-state index contributed by atoms with van der Waals surface area (Å²) in [5.41, 5.74) is 3.66. The van der Waals surface area contributed by atoms with Crippen LogP contribution in [0.2, 0.25) is 0 Å². The van der Waals surface area contributed by atoms with Crippen molar-refractivity contribution in [1.29, 1.82) is 0 Å². The number of rotatable bonds is 8. The lowest BCUT2D eigenvalue weighted by Gasteiger charge is -2.32. The number of nitrogens with zero attached hydrogens (tertiary/aromatic N) is 2. The third kappa shape index (κ3) is 4.91. The molecule has 186 valence electrons. The fourth-order valence-electron chi connectivity index (χ4n) is 4.90. The predicted molar refractivity (Wildman–Crippen MR) is 133 cm³/mol. The molecule has 4 rings (SSSR count). The average Bonchev–Trinajstić information content (AvgIpc) is 3.28. The number of esters is 1. The highest BCUT2D eigenvalue weighted by Gasteiger charge is 2.52. The zero-order valence-electron chi connectivity index (χ0n) is 21.6. The van der Waals surface area contributed by atoms with E-state index in [1.807, 2.05) is 17.8 Å². The Hall–Kier alpha value is -1.90. The molecule has 0 N–H and O–H groups in total. The number of aryl methyl sites for hydroxylation is 1. The number of benzene rings is 1. The smallest absolute Gasteiger partial charge is 0.466 e. The van der Waals surface area contributed by atoms with Crippen LogP contribution in [0.15, 0.2) is 12.3 Å². The van der Waals surface area contributed by atoms with Gasteiger partial charge in [-0.05, 0) is 103 Å². The van der Waals surface area contributed by atoms with Gasteiger partial charge in [0.1, 0.15) is 0 Å². The van der Waals surface area contributed by atoms with Gasteiger partial charge >= 0.3 is 13.1 Å². The van der Waals surface area contributed by atoms with Gasteiger partial charge in [0.25, 0.3) is 0 Å². The monoisotopic (exact) mass is 470 g/mol. The predicted octanol–water partition coefficient (Wildman–Crippen LogP) is 4.62. The lowest BCUT2D eigenvalue weighted by Crippen LogP contribution is -2.41. The van der Waals surface area contributed by atoms with Crippen molar-refractivity contribution in [3.8, 4) is 0 Å². The van der Waals surface area contributed by atoms with Crippen LogP contribution in [0.1, 0.15) is 90.5 Å². The lowest BCUT2D eigenvalue weighted by molar-refractivity contribution is -0.143. The van der Waals surface area contributed by atoms with E-state index >= 15 is 0 Å². The second kappa shape index (κ2) is 10.00. The third-order valence-corrected chi connectivity index (χ3v) is 7.56. The van der Waals surface area contributed by atoms with Crippen LogP contribution in [0.4, 0.5) is 0 Å². The van der Waals surface area contributed by atoms with Crippen molar-refractivity contribution in [2.75, 3.05) is 13.2 Å². The molecule has 2 saturated heterocycles. The largest absolute Gasteiger partial charge is 0.495 e. The molecule has 3 heterocycles. The molecule has 7 nitrogen and oxygen atoms in total. The second-order valence-electron chi connectivity index (χ2n) is 10.5. The van der Waals surface area contributed by atoms with Gasteiger partial charge in [-0.1, -0.05) is 0 Å². The van der Waals surface area contributed by atoms with Crippen molar-refractivity contribution in [1.82, 2.24) is 9.78 Å². The molecule has 2 aliphatic rings. The molecule has 1 aromatic carbocycles. The highest BCUT2D eigenvalue weighted by atomic mass is 16.7. The second-order valence-corrected chi connectivity index (χ2v) is 10.5. The maximum absolute atomic E-state index is 11.8. The van der Waals surface area contributed by atoms with Gasteiger partial charge in [0, 0.05) is 18.4 Å². The van der Waals surface area contributed by atoms with Gasteiger partial charge in [-0.15, -0.1) is 0 Å². The zero-order chi connectivity index (χ0) is 24.5. The first-order chi connectivity index (χ1) is 16.1. The summed E-state index contributed by atoms with van der Waals surface area (Å²) in [5.74, 6) is -0.130. The van der Waals surface area contributed by atoms with Crippen molar-refractivity contribution >= 4 is 29.5 Å². The van der Waals surface area contributed by atoms with Gasteiger partial charge in [-0.25, -0.2) is 4.68 Å². The minimum atomic E-state index is -0.475. The van der Waals surface area contributed by atoms with E-state index in [0.29, 0.717) is 13.0 Å². The number of ether oxygens (including phenoxy) is 2. The minimum absolute atomic E-state index is 0.0350. The van der Waals surface area contributed by atoms with Gasteiger partial charge in [-0.2, -0.15) is 5.10 Å². The Morgan fingerprint density at radius 3 is 2.59 bits per heavy atom. The van der Waals surface area contributed by atoms with E-state index in [0.717, 1.165) is 61.5 Å². The Balaban J connectivity index is 1.69. The van der Waals surface area contributed by atoms with Gasteiger partial charge in [-0.3, -0.25) is 4.79 Å². The summed E-state index contributed by atoms with van der Waals surface area (Å²) >= 11 is 0. The summed E-state index contributed by atoms with van der Waals surface area (Å²) in [4.78, 5) is 11.8. The molecule has 1 atom stereocenters. The Morgan fingerprint density at radius 1 is 1.21 bits per heavy atom. The molecular formula is C26H39BN2O5. The topological polar surface area (TPSA) is 71.8 Å². The van der Waals surface area contributed by atoms with E-state index < -0.39 is 18.3 Å². The van der Waals surface area contributed by atoms with Crippen LogP contribution in [-0.2, 0) is 30.0 Å². The standard InChI is InChI=1S/C26H39BN2O5/c1-7-31-23(30)14-9-8-12-19-18(2)16-21-20(17-28-29(21)22-13-10-11-15-32-22)24(19)27-33-25(3,4)26(5,6)34-27/h16-17,22H,7-15H2,1-6H3. The molecule has 0 aliphatic carbocycles. The Bertz CT molecular complexity index is 1010. The van der Waals surface area contributed by atoms with Gasteiger partial charge in [0.2, 0.25) is 0 Å². The number of carbonyl (C=O) groups excluding carboxylic acids is 1. The maximum atomic E-state index is 11.8. The van der Waals surface area contributed by atoms with Crippen molar-refractivity contribution in [3.05, 3.63) is 23.4 Å². The Morgan fingerprint density at radius 2 is 1.94 bits per heavy atom. The number of hydrogen-bond donors (Lipinski definition) is 0. The van der Waals surface area contributed by atoms with Crippen LogP contribution in [-0.4, -0.2) is 47.3 Å². The SMILES string of the molecule is CCOC(=O)CCCCc1c(C)cc2c(cnn2C2CCCCO2)c1B1OC(C)(C)C(C)(C)O1. The first-order valence-electron chi connectivity index (χ1n) is 12.8. The molecule has 0 radical (unpaired) electrons. The molecular weight excluding hydrogens is 431 g/mol. The third-order valence-electron chi connectivity index (χ3n) is 7.56. The first kappa shape index (κ1) is 25.2. The van der Waals surface area contributed by atoms with E-state index in [-0.39, 0.29) is 12.2 Å². The van der Waals surface area contributed by atoms with Gasteiger partial charge < -0.3 is 18.8 Å². The molecule has 2 aromatic rings. The molecule has 0 bridgehead atoms. The quantitative estimate of drug-likeness (QED) is 0.319. The number of aromatic nitrogens is 2. The summed E-state index contributed by atoms with van der Waals surface area (Å²) in [6.07, 6.45) is 8.08. The van der Waals surface area contributed by atoms with Gasteiger partial charge in [0.15, 0.2) is 6.23 Å². The van der Waals surface area contributed by atoms with Crippen molar-refractivity contribution in [2.45, 2.75) is 104 Å². The molecule has 1 aromatic heterocycles. The molecule has 34 heavy (non-hydrogen) atoms. The summed E-state index contributed by atoms with van der Waals surface area (Å²) in [7, 11) is -0.475. The molecule has 0 spiro atoms. The highest BCUT2D eigenvalue weighted by molar-refractivity contribution is 6.65. The van der Waals surface area contributed by atoms with Crippen LogP contribution in [0.25, 0.3) is 10.9 Å². The van der Waals surface area contributed by atoms with Crippen molar-refractivity contribution in [3.63, 3.8) is 0 Å². The van der Waals surface area contributed by atoms with Crippen molar-refractivity contribution in [2.24, 2.45) is 0 Å². The van der Waals surface area contributed by atoms with E-state index in [9.17, 15) is 4.79 Å². The van der Waals surface area contributed by atoms with E-state index in [1.165, 1.54) is 11.1 Å².